The van der Waals surface area contributed by atoms with Crippen molar-refractivity contribution in [3.05, 3.63) is 53.9 Å². The minimum absolute atomic E-state index is 0.458. The number of rotatable bonds is 3. The molecule has 0 amide bonds. The topological polar surface area (TPSA) is 12.9 Å². The summed E-state index contributed by atoms with van der Waals surface area (Å²) in [6.07, 6.45) is 9.92. The van der Waals surface area contributed by atoms with Crippen LogP contribution in [-0.4, -0.2) is 4.98 Å². The summed E-state index contributed by atoms with van der Waals surface area (Å²) in [5.41, 5.74) is 2.66. The van der Waals surface area contributed by atoms with E-state index in [9.17, 15) is 0 Å². The molecule has 0 bridgehead atoms. The van der Waals surface area contributed by atoms with Gasteiger partial charge in [-0.15, -0.1) is 0 Å². The lowest BCUT2D eigenvalue weighted by molar-refractivity contribution is 0.484. The van der Waals surface area contributed by atoms with Crippen LogP contribution in [0.2, 0.25) is 0 Å². The highest BCUT2D eigenvalue weighted by Gasteiger charge is 2.16. The monoisotopic (exact) mass is 227 g/mol. The highest BCUT2D eigenvalue weighted by Crippen LogP contribution is 2.30. The van der Waals surface area contributed by atoms with Crippen LogP contribution in [0.1, 0.15) is 38.8 Å². The van der Waals surface area contributed by atoms with Crippen LogP contribution < -0.4 is 0 Å². The summed E-state index contributed by atoms with van der Waals surface area (Å²) in [6, 6.07) is 6.14. The van der Waals surface area contributed by atoms with Gasteiger partial charge < -0.3 is 0 Å². The van der Waals surface area contributed by atoms with Crippen LogP contribution in [0.3, 0.4) is 0 Å². The second-order valence-corrected chi connectivity index (χ2v) is 5.19. The van der Waals surface area contributed by atoms with Crippen molar-refractivity contribution >= 4 is 0 Å². The average molecular weight is 227 g/mol. The third-order valence-electron chi connectivity index (χ3n) is 3.72. The van der Waals surface area contributed by atoms with Crippen LogP contribution in [-0.2, 0) is 0 Å². The molecule has 0 spiro atoms. The van der Waals surface area contributed by atoms with Crippen molar-refractivity contribution in [2.75, 3.05) is 0 Å². The minimum atomic E-state index is 0.458. The predicted molar refractivity (Wildman–Crippen MR) is 72.8 cm³/mol. The largest absolute Gasteiger partial charge is 0.261 e. The van der Waals surface area contributed by atoms with E-state index in [1.54, 1.807) is 0 Å². The second-order valence-electron chi connectivity index (χ2n) is 5.19. The number of allylic oxidation sites excluding steroid dienone is 4. The van der Waals surface area contributed by atoms with Crippen molar-refractivity contribution in [1.82, 2.24) is 4.98 Å². The van der Waals surface area contributed by atoms with Crippen molar-refractivity contribution in [1.29, 1.82) is 0 Å². The quantitative estimate of drug-likeness (QED) is 0.748. The Hall–Kier alpha value is -1.37. The summed E-state index contributed by atoms with van der Waals surface area (Å²) in [5.74, 6) is 1.81. The van der Waals surface area contributed by atoms with Crippen LogP contribution in [0.5, 0.6) is 0 Å². The van der Waals surface area contributed by atoms with Gasteiger partial charge in [0, 0.05) is 17.8 Å². The number of hydrogen-bond acceptors (Lipinski definition) is 1. The Kier molecular flexibility index (Phi) is 3.78. The minimum Gasteiger partial charge on any atom is -0.261 e. The maximum absolute atomic E-state index is 4.43. The van der Waals surface area contributed by atoms with Crippen LogP contribution in [0.25, 0.3) is 0 Å². The number of nitrogens with zero attached hydrogens (tertiary/aromatic N) is 1. The van der Waals surface area contributed by atoms with Gasteiger partial charge >= 0.3 is 0 Å². The Morgan fingerprint density at radius 1 is 1.24 bits per heavy atom. The Balaban J connectivity index is 2.06. The van der Waals surface area contributed by atoms with Crippen LogP contribution in [0.15, 0.2) is 48.2 Å². The molecule has 0 saturated heterocycles. The fourth-order valence-electron chi connectivity index (χ4n) is 2.17. The van der Waals surface area contributed by atoms with Crippen LogP contribution >= 0.6 is 0 Å². The van der Waals surface area contributed by atoms with Gasteiger partial charge in [0.05, 0.1) is 0 Å². The SMILES string of the molecule is CC(C)[C@H](C)C1=CCC(c2ccccn2)C=C1. The van der Waals surface area contributed by atoms with Gasteiger partial charge in [0.15, 0.2) is 0 Å². The number of pyridine rings is 1. The Labute approximate surface area is 104 Å². The molecule has 1 unspecified atom stereocenters. The second kappa shape index (κ2) is 5.31. The van der Waals surface area contributed by atoms with E-state index in [0.29, 0.717) is 17.8 Å². The molecule has 1 aliphatic rings. The molecule has 0 N–H and O–H groups in total. The molecule has 1 aromatic heterocycles. The lowest BCUT2D eigenvalue weighted by Gasteiger charge is -2.22. The predicted octanol–water partition coefficient (Wildman–Crippen LogP) is 4.34. The maximum atomic E-state index is 4.43. The first-order chi connectivity index (χ1) is 8.18. The van der Waals surface area contributed by atoms with E-state index in [4.69, 9.17) is 0 Å². The van der Waals surface area contributed by atoms with Crippen molar-refractivity contribution in [2.24, 2.45) is 11.8 Å². The summed E-state index contributed by atoms with van der Waals surface area (Å²) in [4.78, 5) is 4.43. The molecule has 0 fully saturated rings. The molecule has 2 atom stereocenters. The summed E-state index contributed by atoms with van der Waals surface area (Å²) in [7, 11) is 0. The van der Waals surface area contributed by atoms with E-state index >= 15 is 0 Å². The molecule has 0 radical (unpaired) electrons. The summed E-state index contributed by atoms with van der Waals surface area (Å²) in [6.45, 7) is 6.87. The van der Waals surface area contributed by atoms with Crippen LogP contribution in [0.4, 0.5) is 0 Å². The zero-order chi connectivity index (χ0) is 12.3. The van der Waals surface area contributed by atoms with Crippen molar-refractivity contribution < 1.29 is 0 Å². The molecule has 90 valence electrons. The highest BCUT2D eigenvalue weighted by molar-refractivity contribution is 5.31. The van der Waals surface area contributed by atoms with Gasteiger partial charge in [-0.25, -0.2) is 0 Å². The molecular formula is C16H21N. The molecule has 17 heavy (non-hydrogen) atoms. The van der Waals surface area contributed by atoms with E-state index < -0.39 is 0 Å². The highest BCUT2D eigenvalue weighted by atomic mass is 14.7. The molecule has 0 aliphatic heterocycles. The van der Waals surface area contributed by atoms with Gasteiger partial charge in [-0.1, -0.05) is 45.1 Å². The number of hydrogen-bond donors (Lipinski definition) is 0. The average Bonchev–Trinajstić information content (AvgIpc) is 2.39. The van der Waals surface area contributed by atoms with Crippen molar-refractivity contribution in [3.8, 4) is 0 Å². The zero-order valence-electron chi connectivity index (χ0n) is 10.9. The van der Waals surface area contributed by atoms with Crippen LogP contribution in [0, 0.1) is 11.8 Å². The van der Waals surface area contributed by atoms with E-state index in [1.807, 2.05) is 12.3 Å². The van der Waals surface area contributed by atoms with E-state index in [1.165, 1.54) is 11.3 Å². The van der Waals surface area contributed by atoms with Crippen molar-refractivity contribution in [3.63, 3.8) is 0 Å². The standard InChI is InChI=1S/C16H21N/c1-12(2)13(3)14-7-9-15(10-8-14)16-6-4-5-11-17-16/h4-9,11-13,15H,10H2,1-3H3/t13-,15?/m0/s1. The van der Waals surface area contributed by atoms with Gasteiger partial charge in [0.2, 0.25) is 0 Å². The third-order valence-corrected chi connectivity index (χ3v) is 3.72. The van der Waals surface area contributed by atoms with E-state index in [2.05, 4.69) is 56.1 Å². The zero-order valence-corrected chi connectivity index (χ0v) is 10.9. The van der Waals surface area contributed by atoms with Gasteiger partial charge in [-0.2, -0.15) is 0 Å². The van der Waals surface area contributed by atoms with Gasteiger partial charge in [-0.3, -0.25) is 4.98 Å². The maximum Gasteiger partial charge on any atom is 0.0475 e. The Bertz CT molecular complexity index is 414. The van der Waals surface area contributed by atoms with Gasteiger partial charge in [-0.05, 0) is 36.0 Å². The molecule has 1 heterocycles. The molecule has 0 saturated carbocycles. The first-order valence-electron chi connectivity index (χ1n) is 6.47. The molecule has 2 rings (SSSR count). The van der Waals surface area contributed by atoms with Crippen molar-refractivity contribution in [2.45, 2.75) is 33.1 Å². The first-order valence-corrected chi connectivity index (χ1v) is 6.47. The molecule has 1 heteroatoms. The Morgan fingerprint density at radius 3 is 2.59 bits per heavy atom. The van der Waals surface area contributed by atoms with Gasteiger partial charge in [0.25, 0.3) is 0 Å². The smallest absolute Gasteiger partial charge is 0.0475 e. The normalized spacial score (nSPS) is 21.4. The Morgan fingerprint density at radius 2 is 2.06 bits per heavy atom. The molecule has 1 aromatic rings. The third kappa shape index (κ3) is 2.85. The fraction of sp³-hybridized carbons (Fsp3) is 0.438. The summed E-state index contributed by atoms with van der Waals surface area (Å²) >= 11 is 0. The van der Waals surface area contributed by atoms with E-state index in [0.717, 1.165) is 6.42 Å². The first kappa shape index (κ1) is 12.1. The number of aromatic nitrogens is 1. The van der Waals surface area contributed by atoms with E-state index in [-0.39, 0.29) is 0 Å². The molecule has 1 nitrogen and oxygen atoms in total. The lowest BCUT2D eigenvalue weighted by Crippen LogP contribution is -2.09. The lowest BCUT2D eigenvalue weighted by atomic mass is 9.84. The summed E-state index contributed by atoms with van der Waals surface area (Å²) < 4.78 is 0. The van der Waals surface area contributed by atoms with Gasteiger partial charge in [0.1, 0.15) is 0 Å². The molecule has 1 aliphatic carbocycles. The molecule has 0 aromatic carbocycles. The molecular weight excluding hydrogens is 206 g/mol. The summed E-state index contributed by atoms with van der Waals surface area (Å²) in [5, 5.41) is 0. The fourth-order valence-corrected chi connectivity index (χ4v) is 2.17.